The van der Waals surface area contributed by atoms with E-state index in [1.165, 1.54) is 12.8 Å². The highest BCUT2D eigenvalue weighted by Crippen LogP contribution is 2.15. The van der Waals surface area contributed by atoms with Crippen LogP contribution in [0.1, 0.15) is 33.6 Å². The lowest BCUT2D eigenvalue weighted by molar-refractivity contribution is -0.140. The van der Waals surface area contributed by atoms with E-state index in [4.69, 9.17) is 4.74 Å². The average molecular weight is 228 g/mol. The molecule has 2 unspecified atom stereocenters. The van der Waals surface area contributed by atoms with Crippen molar-refractivity contribution in [3.8, 4) is 0 Å². The summed E-state index contributed by atoms with van der Waals surface area (Å²) in [5, 5.41) is 6.40. The molecule has 94 valence electrons. The molecule has 16 heavy (non-hydrogen) atoms. The molecule has 2 N–H and O–H groups in total. The molecule has 0 aromatic heterocycles. The minimum Gasteiger partial charge on any atom is -0.369 e. The molecule has 1 fully saturated rings. The van der Waals surface area contributed by atoms with E-state index in [1.54, 1.807) is 21.0 Å². The molecule has 4 nitrogen and oxygen atoms in total. The molecular formula is C12H24N2O2. The van der Waals surface area contributed by atoms with Crippen LogP contribution in [-0.4, -0.2) is 37.7 Å². The Hall–Kier alpha value is -0.610. The number of hydrogen-bond acceptors (Lipinski definition) is 3. The van der Waals surface area contributed by atoms with E-state index in [0.29, 0.717) is 5.92 Å². The molecule has 0 radical (unpaired) electrons. The van der Waals surface area contributed by atoms with Gasteiger partial charge in [0, 0.05) is 13.2 Å². The van der Waals surface area contributed by atoms with Gasteiger partial charge in [-0.3, -0.25) is 4.79 Å². The van der Waals surface area contributed by atoms with Gasteiger partial charge in [0.15, 0.2) is 0 Å². The van der Waals surface area contributed by atoms with E-state index in [2.05, 4.69) is 17.6 Å². The van der Waals surface area contributed by atoms with Crippen molar-refractivity contribution < 1.29 is 9.53 Å². The fourth-order valence-corrected chi connectivity index (χ4v) is 1.90. The first kappa shape index (κ1) is 13.5. The van der Waals surface area contributed by atoms with Crippen LogP contribution in [0.15, 0.2) is 0 Å². The highest BCUT2D eigenvalue weighted by molar-refractivity contribution is 5.84. The van der Waals surface area contributed by atoms with Crippen LogP contribution in [-0.2, 0) is 9.53 Å². The smallest absolute Gasteiger partial charge is 0.251 e. The van der Waals surface area contributed by atoms with Gasteiger partial charge in [0.1, 0.15) is 5.60 Å². The topological polar surface area (TPSA) is 50.4 Å². The van der Waals surface area contributed by atoms with Crippen molar-refractivity contribution in [1.29, 1.82) is 0 Å². The Morgan fingerprint density at radius 3 is 2.75 bits per heavy atom. The van der Waals surface area contributed by atoms with Crippen LogP contribution in [0.25, 0.3) is 0 Å². The number of ether oxygens (including phenoxy) is 1. The maximum atomic E-state index is 11.9. The molecule has 2 atom stereocenters. The Kier molecular flexibility index (Phi) is 4.74. The van der Waals surface area contributed by atoms with E-state index in [0.717, 1.165) is 13.1 Å². The first-order valence-corrected chi connectivity index (χ1v) is 6.04. The highest BCUT2D eigenvalue weighted by Gasteiger charge is 2.30. The Morgan fingerprint density at radius 2 is 2.25 bits per heavy atom. The molecule has 0 saturated carbocycles. The molecule has 4 heteroatoms. The van der Waals surface area contributed by atoms with E-state index in [9.17, 15) is 4.79 Å². The SMILES string of the molecule is COC(C)(C)C(=O)NC(C)C1CCCNC1. The van der Waals surface area contributed by atoms with Crippen molar-refractivity contribution in [2.45, 2.75) is 45.3 Å². The molecule has 0 aliphatic carbocycles. The number of carbonyl (C=O) groups excluding carboxylic acids is 1. The molecule has 1 saturated heterocycles. The molecule has 1 amide bonds. The fourth-order valence-electron chi connectivity index (χ4n) is 1.90. The Labute approximate surface area is 98.1 Å². The lowest BCUT2D eigenvalue weighted by Gasteiger charge is -2.31. The number of carbonyl (C=O) groups is 1. The van der Waals surface area contributed by atoms with Gasteiger partial charge < -0.3 is 15.4 Å². The zero-order valence-electron chi connectivity index (χ0n) is 10.8. The van der Waals surface area contributed by atoms with Crippen LogP contribution in [0.5, 0.6) is 0 Å². The van der Waals surface area contributed by atoms with E-state index >= 15 is 0 Å². The molecule has 0 aromatic carbocycles. The van der Waals surface area contributed by atoms with Crippen LogP contribution in [0, 0.1) is 5.92 Å². The van der Waals surface area contributed by atoms with Crippen molar-refractivity contribution in [1.82, 2.24) is 10.6 Å². The van der Waals surface area contributed by atoms with E-state index in [1.807, 2.05) is 0 Å². The monoisotopic (exact) mass is 228 g/mol. The van der Waals surface area contributed by atoms with Crippen LogP contribution < -0.4 is 10.6 Å². The van der Waals surface area contributed by atoms with Crippen LogP contribution in [0.3, 0.4) is 0 Å². The van der Waals surface area contributed by atoms with Crippen LogP contribution in [0.4, 0.5) is 0 Å². The zero-order valence-corrected chi connectivity index (χ0v) is 10.8. The average Bonchev–Trinajstić information content (AvgIpc) is 2.30. The predicted octanol–water partition coefficient (Wildman–Crippen LogP) is 0.916. The van der Waals surface area contributed by atoms with Crippen LogP contribution >= 0.6 is 0 Å². The normalized spacial score (nSPS) is 23.9. The Bertz CT molecular complexity index is 235. The van der Waals surface area contributed by atoms with E-state index < -0.39 is 5.60 Å². The lowest BCUT2D eigenvalue weighted by atomic mass is 9.92. The zero-order chi connectivity index (χ0) is 12.2. The summed E-state index contributed by atoms with van der Waals surface area (Å²) in [6.07, 6.45) is 2.38. The minimum absolute atomic E-state index is 0.0342. The second-order valence-corrected chi connectivity index (χ2v) is 5.08. The highest BCUT2D eigenvalue weighted by atomic mass is 16.5. The third-order valence-corrected chi connectivity index (χ3v) is 3.46. The number of piperidine rings is 1. The van der Waals surface area contributed by atoms with Crippen molar-refractivity contribution in [2.75, 3.05) is 20.2 Å². The Balaban J connectivity index is 2.43. The second kappa shape index (κ2) is 5.64. The quantitative estimate of drug-likeness (QED) is 0.752. The molecule has 0 bridgehead atoms. The third kappa shape index (κ3) is 3.46. The van der Waals surface area contributed by atoms with Gasteiger partial charge in [0.2, 0.25) is 0 Å². The predicted molar refractivity (Wildman–Crippen MR) is 64.3 cm³/mol. The summed E-state index contributed by atoms with van der Waals surface area (Å²) in [7, 11) is 1.56. The van der Waals surface area contributed by atoms with Gasteiger partial charge in [0.25, 0.3) is 5.91 Å². The van der Waals surface area contributed by atoms with Crippen molar-refractivity contribution in [2.24, 2.45) is 5.92 Å². The van der Waals surface area contributed by atoms with E-state index in [-0.39, 0.29) is 11.9 Å². The first-order chi connectivity index (χ1) is 7.47. The van der Waals surface area contributed by atoms with Gasteiger partial charge >= 0.3 is 0 Å². The summed E-state index contributed by atoms with van der Waals surface area (Å²) in [5.74, 6) is 0.499. The standard InChI is InChI=1S/C12H24N2O2/c1-9(10-6-5-7-13-8-10)14-11(15)12(2,3)16-4/h9-10,13H,5-8H2,1-4H3,(H,14,15). The summed E-state index contributed by atoms with van der Waals surface area (Å²) >= 11 is 0. The maximum Gasteiger partial charge on any atom is 0.251 e. The molecular weight excluding hydrogens is 204 g/mol. The van der Waals surface area contributed by atoms with Gasteiger partial charge in [0.05, 0.1) is 0 Å². The summed E-state index contributed by atoms with van der Waals surface area (Å²) in [5.41, 5.74) is -0.740. The molecule has 1 aliphatic heterocycles. The molecule has 1 aliphatic rings. The summed E-state index contributed by atoms with van der Waals surface area (Å²) in [6, 6.07) is 0.203. The van der Waals surface area contributed by atoms with Gasteiger partial charge in [-0.1, -0.05) is 0 Å². The number of rotatable bonds is 4. The van der Waals surface area contributed by atoms with Crippen molar-refractivity contribution in [3.05, 3.63) is 0 Å². The molecule has 0 spiro atoms. The van der Waals surface area contributed by atoms with Gasteiger partial charge in [-0.05, 0) is 52.6 Å². The fraction of sp³-hybridized carbons (Fsp3) is 0.917. The third-order valence-electron chi connectivity index (χ3n) is 3.46. The summed E-state index contributed by atoms with van der Waals surface area (Å²) < 4.78 is 5.16. The summed E-state index contributed by atoms with van der Waals surface area (Å²) in [4.78, 5) is 11.9. The number of methoxy groups -OCH3 is 1. The van der Waals surface area contributed by atoms with Gasteiger partial charge in [-0.25, -0.2) is 0 Å². The number of nitrogens with one attached hydrogen (secondary N) is 2. The Morgan fingerprint density at radius 1 is 1.56 bits per heavy atom. The molecule has 1 rings (SSSR count). The largest absolute Gasteiger partial charge is 0.369 e. The number of hydrogen-bond donors (Lipinski definition) is 2. The lowest BCUT2D eigenvalue weighted by Crippen LogP contribution is -2.51. The maximum absolute atomic E-state index is 11.9. The molecule has 0 aromatic rings. The number of amides is 1. The summed E-state index contributed by atoms with van der Waals surface area (Å²) in [6.45, 7) is 7.74. The van der Waals surface area contributed by atoms with Crippen molar-refractivity contribution >= 4 is 5.91 Å². The minimum atomic E-state index is -0.740. The van der Waals surface area contributed by atoms with Gasteiger partial charge in [-0.15, -0.1) is 0 Å². The van der Waals surface area contributed by atoms with Crippen molar-refractivity contribution in [3.63, 3.8) is 0 Å². The van der Waals surface area contributed by atoms with Gasteiger partial charge in [-0.2, -0.15) is 0 Å². The molecule has 1 heterocycles. The van der Waals surface area contributed by atoms with Crippen LogP contribution in [0.2, 0.25) is 0 Å². The second-order valence-electron chi connectivity index (χ2n) is 5.08. The first-order valence-electron chi connectivity index (χ1n) is 6.04.